The van der Waals surface area contributed by atoms with Crippen LogP contribution in [0.25, 0.3) is 5.65 Å². The molecule has 0 N–H and O–H groups in total. The predicted octanol–water partition coefficient (Wildman–Crippen LogP) is 4.72. The van der Waals surface area contributed by atoms with Gasteiger partial charge < -0.3 is 4.40 Å². The van der Waals surface area contributed by atoms with Crippen LogP contribution in [-0.4, -0.2) is 9.38 Å². The SMILES string of the molecule is CC.CC.CC.Cc1ccc2nccn2c1. The molecule has 0 aliphatic heterocycles. The molecule has 0 radical (unpaired) electrons. The van der Waals surface area contributed by atoms with Crippen LogP contribution < -0.4 is 0 Å². The number of nitrogens with zero attached hydrogens (tertiary/aromatic N) is 2. The minimum absolute atomic E-state index is 1.01. The summed E-state index contributed by atoms with van der Waals surface area (Å²) in [5.41, 5.74) is 2.26. The first-order chi connectivity index (χ1) is 7.86. The van der Waals surface area contributed by atoms with Gasteiger partial charge in [0.1, 0.15) is 5.65 Å². The van der Waals surface area contributed by atoms with Gasteiger partial charge in [-0.25, -0.2) is 4.98 Å². The van der Waals surface area contributed by atoms with Gasteiger partial charge in [0, 0.05) is 18.6 Å². The third-order valence-corrected chi connectivity index (χ3v) is 1.54. The van der Waals surface area contributed by atoms with Crippen molar-refractivity contribution in [2.24, 2.45) is 0 Å². The molecular formula is C14H26N2. The Morgan fingerprint density at radius 1 is 0.938 bits per heavy atom. The van der Waals surface area contributed by atoms with Crippen molar-refractivity contribution < 1.29 is 0 Å². The summed E-state index contributed by atoms with van der Waals surface area (Å²) in [5, 5.41) is 0. The largest absolute Gasteiger partial charge is 0.307 e. The van der Waals surface area contributed by atoms with Crippen LogP contribution in [0.15, 0.2) is 30.7 Å². The minimum Gasteiger partial charge on any atom is -0.307 e. The summed E-state index contributed by atoms with van der Waals surface area (Å²) < 4.78 is 2.01. The first kappa shape index (κ1) is 17.1. The lowest BCUT2D eigenvalue weighted by Crippen LogP contribution is -1.82. The van der Waals surface area contributed by atoms with E-state index in [1.165, 1.54) is 5.56 Å². The Bertz CT molecular complexity index is 350. The lowest BCUT2D eigenvalue weighted by Gasteiger charge is -1.93. The number of rotatable bonds is 0. The molecule has 0 amide bonds. The maximum Gasteiger partial charge on any atom is 0.136 e. The highest BCUT2D eigenvalue weighted by atomic mass is 15.0. The van der Waals surface area contributed by atoms with Gasteiger partial charge in [-0.2, -0.15) is 0 Å². The van der Waals surface area contributed by atoms with E-state index in [0.29, 0.717) is 0 Å². The van der Waals surface area contributed by atoms with E-state index < -0.39 is 0 Å². The van der Waals surface area contributed by atoms with Gasteiger partial charge in [0.05, 0.1) is 0 Å². The van der Waals surface area contributed by atoms with Gasteiger partial charge in [0.15, 0.2) is 0 Å². The highest BCUT2D eigenvalue weighted by molar-refractivity contribution is 5.38. The van der Waals surface area contributed by atoms with Gasteiger partial charge in [0.25, 0.3) is 0 Å². The van der Waals surface area contributed by atoms with Gasteiger partial charge >= 0.3 is 0 Å². The summed E-state index contributed by atoms with van der Waals surface area (Å²) >= 11 is 0. The van der Waals surface area contributed by atoms with Crippen LogP contribution in [0.5, 0.6) is 0 Å². The molecule has 0 saturated heterocycles. The molecule has 0 unspecified atom stereocenters. The third-order valence-electron chi connectivity index (χ3n) is 1.54. The Labute approximate surface area is 100 Å². The Hall–Kier alpha value is -1.31. The fourth-order valence-electron chi connectivity index (χ4n) is 1.03. The standard InChI is InChI=1S/C8H8N2.3C2H6/c1-7-2-3-8-9-4-5-10(8)6-7;3*1-2/h2-6H,1H3;3*1-2H3. The van der Waals surface area contributed by atoms with Crippen LogP contribution in [0.3, 0.4) is 0 Å². The van der Waals surface area contributed by atoms with Crippen LogP contribution >= 0.6 is 0 Å². The van der Waals surface area contributed by atoms with E-state index in [4.69, 9.17) is 0 Å². The first-order valence-corrected chi connectivity index (χ1v) is 6.25. The summed E-state index contributed by atoms with van der Waals surface area (Å²) in [6.07, 6.45) is 5.80. The zero-order chi connectivity index (χ0) is 13.0. The van der Waals surface area contributed by atoms with Crippen molar-refractivity contribution in [3.05, 3.63) is 36.3 Å². The Morgan fingerprint density at radius 2 is 1.50 bits per heavy atom. The van der Waals surface area contributed by atoms with E-state index in [-0.39, 0.29) is 0 Å². The maximum absolute atomic E-state index is 4.12. The molecule has 0 atom stereocenters. The second-order valence-corrected chi connectivity index (χ2v) is 2.40. The van der Waals surface area contributed by atoms with E-state index in [2.05, 4.69) is 24.2 Å². The van der Waals surface area contributed by atoms with Gasteiger partial charge in [-0.3, -0.25) is 0 Å². The van der Waals surface area contributed by atoms with E-state index in [1.54, 1.807) is 6.20 Å². The second kappa shape index (κ2) is 11.8. The summed E-state index contributed by atoms with van der Waals surface area (Å²) in [6, 6.07) is 4.07. The summed E-state index contributed by atoms with van der Waals surface area (Å²) in [6.45, 7) is 14.1. The number of aryl methyl sites for hydroxylation is 1. The molecule has 2 heteroatoms. The molecule has 0 spiro atoms. The predicted molar refractivity (Wildman–Crippen MR) is 74.0 cm³/mol. The molecule has 2 aromatic heterocycles. The number of imidazole rings is 1. The molecule has 0 aliphatic rings. The highest BCUT2D eigenvalue weighted by Gasteiger charge is 1.89. The van der Waals surface area contributed by atoms with Crippen molar-refractivity contribution in [3.63, 3.8) is 0 Å². The van der Waals surface area contributed by atoms with Crippen LogP contribution in [0.1, 0.15) is 47.1 Å². The van der Waals surface area contributed by atoms with Crippen molar-refractivity contribution in [3.8, 4) is 0 Å². The molecule has 2 aromatic rings. The minimum atomic E-state index is 1.01. The van der Waals surface area contributed by atoms with Crippen LogP contribution in [-0.2, 0) is 0 Å². The number of pyridine rings is 1. The summed E-state index contributed by atoms with van der Waals surface area (Å²) in [7, 11) is 0. The molecule has 0 fully saturated rings. The van der Waals surface area contributed by atoms with Gasteiger partial charge in [-0.05, 0) is 18.6 Å². The number of hydrogen-bond donors (Lipinski definition) is 0. The molecule has 0 saturated carbocycles. The Morgan fingerprint density at radius 3 is 2.06 bits per heavy atom. The topological polar surface area (TPSA) is 17.3 Å². The fraction of sp³-hybridized carbons (Fsp3) is 0.500. The van der Waals surface area contributed by atoms with E-state index in [0.717, 1.165) is 5.65 Å². The number of hydrogen-bond acceptors (Lipinski definition) is 1. The molecule has 0 aromatic carbocycles. The van der Waals surface area contributed by atoms with Gasteiger partial charge in [-0.1, -0.05) is 47.6 Å². The van der Waals surface area contributed by atoms with Gasteiger partial charge in [0.2, 0.25) is 0 Å². The molecule has 92 valence electrons. The van der Waals surface area contributed by atoms with Crippen molar-refractivity contribution in [2.45, 2.75) is 48.5 Å². The van der Waals surface area contributed by atoms with Crippen LogP contribution in [0.4, 0.5) is 0 Å². The maximum atomic E-state index is 4.12. The van der Waals surface area contributed by atoms with Gasteiger partial charge in [-0.15, -0.1) is 0 Å². The van der Waals surface area contributed by atoms with Crippen LogP contribution in [0.2, 0.25) is 0 Å². The average Bonchev–Trinajstić information content (AvgIpc) is 2.84. The Balaban J connectivity index is 0. The lowest BCUT2D eigenvalue weighted by atomic mass is 10.3. The fourth-order valence-corrected chi connectivity index (χ4v) is 1.03. The molecule has 2 heterocycles. The summed E-state index contributed by atoms with van der Waals surface area (Å²) in [5.74, 6) is 0. The molecule has 2 nitrogen and oxygen atoms in total. The van der Waals surface area contributed by atoms with Crippen molar-refractivity contribution in [1.29, 1.82) is 0 Å². The molecule has 0 aliphatic carbocycles. The molecule has 2 rings (SSSR count). The number of fused-ring (bicyclic) bond motifs is 1. The van der Waals surface area contributed by atoms with E-state index in [9.17, 15) is 0 Å². The second-order valence-electron chi connectivity index (χ2n) is 2.40. The van der Waals surface area contributed by atoms with Crippen molar-refractivity contribution >= 4 is 5.65 Å². The van der Waals surface area contributed by atoms with Crippen molar-refractivity contribution in [2.75, 3.05) is 0 Å². The molecule has 0 bridgehead atoms. The zero-order valence-electron chi connectivity index (χ0n) is 11.8. The summed E-state index contributed by atoms with van der Waals surface area (Å²) in [4.78, 5) is 4.12. The molecular weight excluding hydrogens is 196 g/mol. The monoisotopic (exact) mass is 222 g/mol. The normalized spacial score (nSPS) is 7.69. The highest BCUT2D eigenvalue weighted by Crippen LogP contribution is 2.01. The average molecular weight is 222 g/mol. The smallest absolute Gasteiger partial charge is 0.136 e. The Kier molecular flexibility index (Phi) is 12.6. The zero-order valence-corrected chi connectivity index (χ0v) is 11.8. The van der Waals surface area contributed by atoms with Crippen LogP contribution in [0, 0.1) is 6.92 Å². The van der Waals surface area contributed by atoms with Crippen molar-refractivity contribution in [1.82, 2.24) is 9.38 Å². The first-order valence-electron chi connectivity index (χ1n) is 6.25. The third kappa shape index (κ3) is 5.54. The molecule has 16 heavy (non-hydrogen) atoms. The lowest BCUT2D eigenvalue weighted by molar-refractivity contribution is 1.16. The quantitative estimate of drug-likeness (QED) is 0.630. The van der Waals surface area contributed by atoms with E-state index >= 15 is 0 Å². The number of aromatic nitrogens is 2. The van der Waals surface area contributed by atoms with E-state index in [1.807, 2.05) is 58.2 Å².